The average molecular weight is 441 g/mol. The highest BCUT2D eigenvalue weighted by atomic mass is 32.2. The van der Waals surface area contributed by atoms with Gasteiger partial charge in [0, 0.05) is 37.9 Å². The number of amides is 1. The number of halogens is 1. The lowest BCUT2D eigenvalue weighted by atomic mass is 10.0. The third-order valence-electron chi connectivity index (χ3n) is 5.26. The van der Waals surface area contributed by atoms with E-state index in [1.807, 2.05) is 23.7 Å². The SMILES string of the molecule is Cn1c(CCNC(=O)c2cccc(-c3cccc(F)c3)c2)nnc1SCC1CCCO1. The Kier molecular flexibility index (Phi) is 6.99. The minimum Gasteiger partial charge on any atom is -0.377 e. The molecule has 1 atom stereocenters. The van der Waals surface area contributed by atoms with Crippen LogP contribution in [0.25, 0.3) is 11.1 Å². The molecule has 2 heterocycles. The second-order valence-corrected chi connectivity index (χ2v) is 8.49. The van der Waals surface area contributed by atoms with Crippen molar-refractivity contribution in [1.29, 1.82) is 0 Å². The van der Waals surface area contributed by atoms with Crippen LogP contribution in [0.5, 0.6) is 0 Å². The molecule has 8 heteroatoms. The van der Waals surface area contributed by atoms with Gasteiger partial charge >= 0.3 is 0 Å². The van der Waals surface area contributed by atoms with Crippen LogP contribution in [0.4, 0.5) is 4.39 Å². The van der Waals surface area contributed by atoms with Crippen LogP contribution < -0.4 is 5.32 Å². The average Bonchev–Trinajstić information content (AvgIpc) is 3.42. The van der Waals surface area contributed by atoms with Gasteiger partial charge in [-0.1, -0.05) is 36.0 Å². The Morgan fingerprint density at radius 2 is 2.03 bits per heavy atom. The Balaban J connectivity index is 1.31. The fraction of sp³-hybridized carbons (Fsp3) is 0.348. The van der Waals surface area contributed by atoms with Crippen LogP contribution in [-0.2, 0) is 18.2 Å². The standard InChI is InChI=1S/C23H25FN4O2S/c1-28-21(26-27-23(28)31-15-20-9-4-12-30-20)10-11-25-22(29)18-7-2-5-16(13-18)17-6-3-8-19(24)14-17/h2-3,5-8,13-14,20H,4,9-12,15H2,1H3,(H,25,29). The van der Waals surface area contributed by atoms with E-state index < -0.39 is 0 Å². The van der Waals surface area contributed by atoms with Crippen LogP contribution in [0, 0.1) is 5.82 Å². The highest BCUT2D eigenvalue weighted by Crippen LogP contribution is 2.23. The van der Waals surface area contributed by atoms with Crippen molar-refractivity contribution in [2.24, 2.45) is 7.05 Å². The van der Waals surface area contributed by atoms with Crippen molar-refractivity contribution in [3.63, 3.8) is 0 Å². The van der Waals surface area contributed by atoms with Gasteiger partial charge in [0.2, 0.25) is 0 Å². The molecule has 0 bridgehead atoms. The van der Waals surface area contributed by atoms with Crippen LogP contribution in [0.15, 0.2) is 53.7 Å². The van der Waals surface area contributed by atoms with Crippen LogP contribution in [0.2, 0.25) is 0 Å². The summed E-state index contributed by atoms with van der Waals surface area (Å²) in [6.45, 7) is 1.30. The molecule has 4 rings (SSSR count). The lowest BCUT2D eigenvalue weighted by Crippen LogP contribution is -2.26. The summed E-state index contributed by atoms with van der Waals surface area (Å²) in [5.41, 5.74) is 2.07. The molecule has 3 aromatic rings. The zero-order chi connectivity index (χ0) is 21.6. The van der Waals surface area contributed by atoms with Gasteiger partial charge in [-0.15, -0.1) is 10.2 Å². The van der Waals surface area contributed by atoms with Crippen molar-refractivity contribution in [3.05, 3.63) is 65.7 Å². The van der Waals surface area contributed by atoms with Gasteiger partial charge in [-0.05, 0) is 48.2 Å². The molecule has 0 aliphatic carbocycles. The molecule has 0 spiro atoms. The Morgan fingerprint density at radius 1 is 1.23 bits per heavy atom. The quantitative estimate of drug-likeness (QED) is 0.539. The summed E-state index contributed by atoms with van der Waals surface area (Å²) in [6.07, 6.45) is 3.11. The van der Waals surface area contributed by atoms with E-state index in [0.29, 0.717) is 24.6 Å². The Morgan fingerprint density at radius 3 is 2.81 bits per heavy atom. The van der Waals surface area contributed by atoms with E-state index in [9.17, 15) is 9.18 Å². The van der Waals surface area contributed by atoms with Gasteiger partial charge in [-0.2, -0.15) is 0 Å². The maximum Gasteiger partial charge on any atom is 0.251 e. The summed E-state index contributed by atoms with van der Waals surface area (Å²) in [6, 6.07) is 13.5. The number of hydrogen-bond donors (Lipinski definition) is 1. The van der Waals surface area contributed by atoms with E-state index in [0.717, 1.165) is 47.3 Å². The van der Waals surface area contributed by atoms with E-state index in [-0.39, 0.29) is 11.7 Å². The molecular weight excluding hydrogens is 415 g/mol. The molecule has 0 radical (unpaired) electrons. The van der Waals surface area contributed by atoms with E-state index in [1.54, 1.807) is 36.0 Å². The first-order chi connectivity index (χ1) is 15.1. The number of benzene rings is 2. The first-order valence-electron chi connectivity index (χ1n) is 10.4. The van der Waals surface area contributed by atoms with Crippen molar-refractivity contribution in [1.82, 2.24) is 20.1 Å². The lowest BCUT2D eigenvalue weighted by Gasteiger charge is -2.09. The predicted octanol–water partition coefficient (Wildman–Crippen LogP) is 3.86. The van der Waals surface area contributed by atoms with E-state index >= 15 is 0 Å². The van der Waals surface area contributed by atoms with Crippen LogP contribution in [-0.4, -0.2) is 45.7 Å². The summed E-state index contributed by atoms with van der Waals surface area (Å²) in [4.78, 5) is 12.6. The zero-order valence-corrected chi connectivity index (χ0v) is 18.2. The van der Waals surface area contributed by atoms with Gasteiger partial charge in [0.25, 0.3) is 5.91 Å². The summed E-state index contributed by atoms with van der Waals surface area (Å²) in [5.74, 6) is 1.23. The molecule has 1 aliphatic heterocycles. The molecule has 0 saturated carbocycles. The molecule has 1 aliphatic rings. The maximum atomic E-state index is 13.5. The maximum absolute atomic E-state index is 13.5. The van der Waals surface area contributed by atoms with Crippen molar-refractivity contribution in [3.8, 4) is 11.1 Å². The number of nitrogens with zero attached hydrogens (tertiary/aromatic N) is 3. The van der Waals surface area contributed by atoms with Gasteiger partial charge in [-0.25, -0.2) is 4.39 Å². The van der Waals surface area contributed by atoms with Crippen molar-refractivity contribution in [2.45, 2.75) is 30.5 Å². The highest BCUT2D eigenvalue weighted by molar-refractivity contribution is 7.99. The Hall–Kier alpha value is -2.71. The number of hydrogen-bond acceptors (Lipinski definition) is 5. The minimum absolute atomic E-state index is 0.173. The zero-order valence-electron chi connectivity index (χ0n) is 17.4. The highest BCUT2D eigenvalue weighted by Gasteiger charge is 2.18. The number of carbonyl (C=O) groups excluding carboxylic acids is 1. The number of nitrogens with one attached hydrogen (secondary N) is 1. The third kappa shape index (κ3) is 5.51. The largest absolute Gasteiger partial charge is 0.377 e. The minimum atomic E-state index is -0.302. The summed E-state index contributed by atoms with van der Waals surface area (Å²) in [5, 5.41) is 12.3. The van der Waals surface area contributed by atoms with Gasteiger partial charge in [0.1, 0.15) is 11.6 Å². The van der Waals surface area contributed by atoms with Gasteiger partial charge in [-0.3, -0.25) is 4.79 Å². The summed E-state index contributed by atoms with van der Waals surface area (Å²) >= 11 is 1.65. The molecule has 1 N–H and O–H groups in total. The molecule has 1 fully saturated rings. The Bertz CT molecular complexity index is 1050. The number of aromatic nitrogens is 3. The monoisotopic (exact) mass is 440 g/mol. The van der Waals surface area contributed by atoms with Gasteiger partial charge < -0.3 is 14.6 Å². The topological polar surface area (TPSA) is 69.0 Å². The summed E-state index contributed by atoms with van der Waals surface area (Å²) < 4.78 is 21.1. The molecule has 1 saturated heterocycles. The van der Waals surface area contributed by atoms with E-state index in [2.05, 4.69) is 15.5 Å². The molecule has 1 aromatic heterocycles. The molecular formula is C23H25FN4O2S. The number of rotatable bonds is 8. The predicted molar refractivity (Wildman–Crippen MR) is 119 cm³/mol. The molecule has 162 valence electrons. The second kappa shape index (κ2) is 10.1. The van der Waals surface area contributed by atoms with Gasteiger partial charge in [0.15, 0.2) is 5.16 Å². The number of carbonyl (C=O) groups is 1. The first-order valence-corrected chi connectivity index (χ1v) is 11.4. The third-order valence-corrected chi connectivity index (χ3v) is 6.42. The number of ether oxygens (including phenoxy) is 1. The fourth-order valence-electron chi connectivity index (χ4n) is 3.53. The molecule has 1 unspecified atom stereocenters. The van der Waals surface area contributed by atoms with E-state index in [1.165, 1.54) is 12.1 Å². The van der Waals surface area contributed by atoms with E-state index in [4.69, 9.17) is 4.74 Å². The fourth-order valence-corrected chi connectivity index (χ4v) is 4.53. The second-order valence-electron chi connectivity index (χ2n) is 7.50. The smallest absolute Gasteiger partial charge is 0.251 e. The first kappa shape index (κ1) is 21.5. The van der Waals surface area contributed by atoms with Crippen molar-refractivity contribution >= 4 is 17.7 Å². The molecule has 2 aromatic carbocycles. The molecule has 31 heavy (non-hydrogen) atoms. The van der Waals surface area contributed by atoms with Crippen molar-refractivity contribution in [2.75, 3.05) is 18.9 Å². The van der Waals surface area contributed by atoms with Crippen LogP contribution >= 0.6 is 11.8 Å². The van der Waals surface area contributed by atoms with Gasteiger partial charge in [0.05, 0.1) is 6.10 Å². The Labute approximate surface area is 185 Å². The summed E-state index contributed by atoms with van der Waals surface area (Å²) in [7, 11) is 1.94. The molecule has 1 amide bonds. The normalized spacial score (nSPS) is 15.9. The lowest BCUT2D eigenvalue weighted by molar-refractivity contribution is 0.0954. The van der Waals surface area contributed by atoms with Crippen LogP contribution in [0.3, 0.4) is 0 Å². The van der Waals surface area contributed by atoms with Crippen LogP contribution in [0.1, 0.15) is 29.0 Å². The molecule has 6 nitrogen and oxygen atoms in total. The van der Waals surface area contributed by atoms with Crippen molar-refractivity contribution < 1.29 is 13.9 Å². The number of thioether (sulfide) groups is 1.